The van der Waals surface area contributed by atoms with Gasteiger partial charge in [0, 0.05) is 12.6 Å². The first-order valence-corrected chi connectivity index (χ1v) is 4.50. The number of nitrogens with zero attached hydrogens (tertiary/aromatic N) is 3. The van der Waals surface area contributed by atoms with Gasteiger partial charge >= 0.3 is 0 Å². The number of rotatable bonds is 5. The molecule has 0 aliphatic heterocycles. The minimum absolute atomic E-state index is 0.196. The van der Waals surface area contributed by atoms with Crippen molar-refractivity contribution in [2.45, 2.75) is 20.4 Å². The van der Waals surface area contributed by atoms with E-state index in [-0.39, 0.29) is 5.78 Å². The molecule has 0 bridgehead atoms. The third-order valence-electron chi connectivity index (χ3n) is 1.60. The smallest absolute Gasteiger partial charge is 0.210 e. The molecule has 0 saturated heterocycles. The maximum Gasteiger partial charge on any atom is 0.210 e. The minimum atomic E-state index is -0.196. The molecular formula is C9H13N3O2. The Kier molecular flexibility index (Phi) is 3.84. The van der Waals surface area contributed by atoms with Crippen molar-refractivity contribution in [2.75, 3.05) is 6.61 Å². The van der Waals surface area contributed by atoms with E-state index in [0.29, 0.717) is 18.8 Å². The van der Waals surface area contributed by atoms with Crippen LogP contribution < -0.4 is 0 Å². The quantitative estimate of drug-likeness (QED) is 0.400. The van der Waals surface area contributed by atoms with Crippen LogP contribution >= 0.6 is 0 Å². The van der Waals surface area contributed by atoms with Crippen LogP contribution in [0.2, 0.25) is 0 Å². The Bertz CT molecular complexity index is 331. The zero-order valence-corrected chi connectivity index (χ0v) is 8.30. The number of carbonyl (C=O) groups is 1. The van der Waals surface area contributed by atoms with Crippen LogP contribution in [-0.4, -0.2) is 27.4 Å². The van der Waals surface area contributed by atoms with Gasteiger partial charge in [-0.05, 0) is 13.8 Å². The molecule has 1 aromatic rings. The van der Waals surface area contributed by atoms with E-state index in [1.807, 2.05) is 13.8 Å². The van der Waals surface area contributed by atoms with Gasteiger partial charge in [-0.3, -0.25) is 9.48 Å². The van der Waals surface area contributed by atoms with Crippen LogP contribution in [0.25, 0.3) is 0 Å². The molecule has 0 unspecified atom stereocenters. The van der Waals surface area contributed by atoms with Gasteiger partial charge in [-0.2, -0.15) is 0 Å². The Morgan fingerprint density at radius 3 is 3.00 bits per heavy atom. The maximum absolute atomic E-state index is 11.4. The number of ether oxygens (including phenoxy) is 1. The first-order chi connectivity index (χ1) is 6.77. The minimum Gasteiger partial charge on any atom is -0.501 e. The fraction of sp³-hybridized carbons (Fsp3) is 0.444. The lowest BCUT2D eigenvalue weighted by molar-refractivity contribution is 0.103. The predicted octanol–water partition coefficient (Wildman–Crippen LogP) is 1.03. The summed E-state index contributed by atoms with van der Waals surface area (Å²) in [5.41, 5.74) is 0.336. The molecule has 0 saturated carbocycles. The number of hydrogen-bond acceptors (Lipinski definition) is 4. The van der Waals surface area contributed by atoms with Gasteiger partial charge < -0.3 is 4.74 Å². The molecule has 0 amide bonds. The van der Waals surface area contributed by atoms with Gasteiger partial charge in [0.05, 0.1) is 19.1 Å². The molecule has 76 valence electrons. The maximum atomic E-state index is 11.4. The Balaban J connectivity index is 2.60. The number of hydrogen-bond donors (Lipinski definition) is 0. The highest BCUT2D eigenvalue weighted by Gasteiger charge is 2.06. The van der Waals surface area contributed by atoms with E-state index in [0.717, 1.165) is 0 Å². The van der Waals surface area contributed by atoms with Gasteiger partial charge in [-0.25, -0.2) is 0 Å². The summed E-state index contributed by atoms with van der Waals surface area (Å²) in [6, 6.07) is 0. The molecule has 0 aromatic carbocycles. The van der Waals surface area contributed by atoms with E-state index in [1.165, 1.54) is 12.3 Å². The van der Waals surface area contributed by atoms with Crippen molar-refractivity contribution in [3.8, 4) is 0 Å². The molecule has 0 N–H and O–H groups in total. The van der Waals surface area contributed by atoms with Crippen molar-refractivity contribution >= 4 is 5.78 Å². The first-order valence-electron chi connectivity index (χ1n) is 4.50. The molecule has 0 spiro atoms. The summed E-state index contributed by atoms with van der Waals surface area (Å²) in [6.45, 7) is 5.03. The summed E-state index contributed by atoms with van der Waals surface area (Å²) >= 11 is 0. The average molecular weight is 195 g/mol. The lowest BCUT2D eigenvalue weighted by Crippen LogP contribution is -1.95. The SMILES string of the molecule is CCO/C=C/C(=O)c1cn(CC)nn1. The van der Waals surface area contributed by atoms with E-state index in [2.05, 4.69) is 10.3 Å². The zero-order chi connectivity index (χ0) is 10.4. The van der Waals surface area contributed by atoms with Gasteiger partial charge in [0.2, 0.25) is 5.78 Å². The largest absolute Gasteiger partial charge is 0.501 e. The molecule has 5 nitrogen and oxygen atoms in total. The normalized spacial score (nSPS) is 10.7. The topological polar surface area (TPSA) is 57.0 Å². The summed E-state index contributed by atoms with van der Waals surface area (Å²) in [6.07, 6.45) is 4.32. The highest BCUT2D eigenvalue weighted by atomic mass is 16.5. The fourth-order valence-corrected chi connectivity index (χ4v) is 0.857. The van der Waals surface area contributed by atoms with Gasteiger partial charge in [-0.1, -0.05) is 5.21 Å². The van der Waals surface area contributed by atoms with Crippen molar-refractivity contribution in [1.82, 2.24) is 15.0 Å². The summed E-state index contributed by atoms with van der Waals surface area (Å²) < 4.78 is 6.50. The lowest BCUT2D eigenvalue weighted by Gasteiger charge is -1.90. The molecule has 1 rings (SSSR count). The van der Waals surface area contributed by atoms with E-state index in [4.69, 9.17) is 4.74 Å². The molecule has 0 radical (unpaired) electrons. The monoisotopic (exact) mass is 195 g/mol. The molecule has 1 aromatic heterocycles. The molecule has 0 aliphatic rings. The Hall–Kier alpha value is -1.65. The van der Waals surface area contributed by atoms with Crippen LogP contribution in [0.15, 0.2) is 18.5 Å². The second-order valence-corrected chi connectivity index (χ2v) is 2.58. The molecule has 0 fully saturated rings. The van der Waals surface area contributed by atoms with Crippen LogP contribution in [-0.2, 0) is 11.3 Å². The highest BCUT2D eigenvalue weighted by Crippen LogP contribution is 1.96. The van der Waals surface area contributed by atoms with Gasteiger partial charge in [-0.15, -0.1) is 5.10 Å². The number of ketones is 1. The summed E-state index contributed by atoms with van der Waals surface area (Å²) in [5.74, 6) is -0.196. The second-order valence-electron chi connectivity index (χ2n) is 2.58. The molecule has 0 atom stereocenters. The molecule has 0 aliphatic carbocycles. The van der Waals surface area contributed by atoms with E-state index in [9.17, 15) is 4.79 Å². The third-order valence-corrected chi connectivity index (χ3v) is 1.60. The molecule has 1 heterocycles. The van der Waals surface area contributed by atoms with Crippen LogP contribution in [0, 0.1) is 0 Å². The van der Waals surface area contributed by atoms with Gasteiger partial charge in [0.1, 0.15) is 0 Å². The highest BCUT2D eigenvalue weighted by molar-refractivity contribution is 6.02. The van der Waals surface area contributed by atoms with E-state index in [1.54, 1.807) is 10.9 Å². The standard InChI is InChI=1S/C9H13N3O2/c1-3-12-7-8(10-11-12)9(13)5-6-14-4-2/h5-7H,3-4H2,1-2H3/b6-5+. The van der Waals surface area contributed by atoms with Crippen LogP contribution in [0.3, 0.4) is 0 Å². The second kappa shape index (κ2) is 5.16. The van der Waals surface area contributed by atoms with Gasteiger partial charge in [0.25, 0.3) is 0 Å². The first kappa shape index (κ1) is 10.4. The Morgan fingerprint density at radius 1 is 1.64 bits per heavy atom. The van der Waals surface area contributed by atoms with Gasteiger partial charge in [0.15, 0.2) is 5.69 Å². The molecule has 14 heavy (non-hydrogen) atoms. The van der Waals surface area contributed by atoms with Crippen LogP contribution in [0.5, 0.6) is 0 Å². The Labute approximate surface area is 82.4 Å². The van der Waals surface area contributed by atoms with Crippen molar-refractivity contribution in [3.05, 3.63) is 24.2 Å². The third kappa shape index (κ3) is 2.69. The average Bonchev–Trinajstić information content (AvgIpc) is 2.66. The van der Waals surface area contributed by atoms with Crippen molar-refractivity contribution in [1.29, 1.82) is 0 Å². The Morgan fingerprint density at radius 2 is 2.43 bits per heavy atom. The molecular weight excluding hydrogens is 182 g/mol. The summed E-state index contributed by atoms with van der Waals surface area (Å²) in [4.78, 5) is 11.4. The molecule has 5 heteroatoms. The van der Waals surface area contributed by atoms with Crippen molar-refractivity contribution < 1.29 is 9.53 Å². The zero-order valence-electron chi connectivity index (χ0n) is 8.30. The summed E-state index contributed by atoms with van der Waals surface area (Å²) in [5, 5.41) is 7.48. The fourth-order valence-electron chi connectivity index (χ4n) is 0.857. The number of aromatic nitrogens is 3. The summed E-state index contributed by atoms with van der Waals surface area (Å²) in [7, 11) is 0. The van der Waals surface area contributed by atoms with E-state index < -0.39 is 0 Å². The number of carbonyl (C=O) groups excluding carboxylic acids is 1. The van der Waals surface area contributed by atoms with Crippen molar-refractivity contribution in [2.24, 2.45) is 0 Å². The van der Waals surface area contributed by atoms with E-state index >= 15 is 0 Å². The lowest BCUT2D eigenvalue weighted by atomic mass is 10.3. The number of allylic oxidation sites excluding steroid dienone is 1. The predicted molar refractivity (Wildman–Crippen MR) is 50.8 cm³/mol. The van der Waals surface area contributed by atoms with Crippen LogP contribution in [0.1, 0.15) is 24.3 Å². The van der Waals surface area contributed by atoms with Crippen molar-refractivity contribution in [3.63, 3.8) is 0 Å². The van der Waals surface area contributed by atoms with Crippen LogP contribution in [0.4, 0.5) is 0 Å². The number of aryl methyl sites for hydroxylation is 1.